The minimum Gasteiger partial charge on any atom is -0.385 e. The second kappa shape index (κ2) is 4.60. The summed E-state index contributed by atoms with van der Waals surface area (Å²) in [5.41, 5.74) is 0.663. The van der Waals surface area contributed by atoms with E-state index < -0.39 is 5.60 Å². The van der Waals surface area contributed by atoms with Crippen LogP contribution in [0.4, 0.5) is 0 Å². The molecular formula is C13H16O2S. The van der Waals surface area contributed by atoms with Crippen LogP contribution in [0.1, 0.15) is 41.6 Å². The number of hydrogen-bond acceptors (Lipinski definition) is 3. The normalized spacial score (nSPS) is 18.6. The third kappa shape index (κ3) is 2.02. The summed E-state index contributed by atoms with van der Waals surface area (Å²) in [5, 5.41) is 10.5. The van der Waals surface area contributed by atoms with E-state index in [1.165, 1.54) is 0 Å². The first kappa shape index (κ1) is 11.7. The van der Waals surface area contributed by atoms with Gasteiger partial charge in [-0.3, -0.25) is 4.79 Å². The molecule has 0 spiro atoms. The van der Waals surface area contributed by atoms with Crippen LogP contribution in [-0.2, 0) is 5.60 Å². The highest BCUT2D eigenvalue weighted by molar-refractivity contribution is 7.98. The summed E-state index contributed by atoms with van der Waals surface area (Å²) < 4.78 is 0. The fourth-order valence-electron chi connectivity index (χ4n) is 2.40. The Morgan fingerprint density at radius 3 is 2.62 bits per heavy atom. The molecule has 16 heavy (non-hydrogen) atoms. The Morgan fingerprint density at radius 1 is 1.38 bits per heavy atom. The molecule has 1 fully saturated rings. The monoisotopic (exact) mass is 236 g/mol. The van der Waals surface area contributed by atoms with Crippen molar-refractivity contribution in [3.8, 4) is 0 Å². The molecule has 0 saturated heterocycles. The van der Waals surface area contributed by atoms with Crippen molar-refractivity contribution in [3.05, 3.63) is 29.3 Å². The quantitative estimate of drug-likeness (QED) is 0.647. The molecule has 0 radical (unpaired) electrons. The maximum Gasteiger partial charge on any atom is 0.150 e. The number of aliphatic hydroxyl groups is 1. The largest absolute Gasteiger partial charge is 0.385 e. The lowest BCUT2D eigenvalue weighted by molar-refractivity contribution is 0.0433. The Bertz CT molecular complexity index is 395. The first-order valence-corrected chi connectivity index (χ1v) is 6.78. The zero-order valence-electron chi connectivity index (χ0n) is 9.40. The summed E-state index contributed by atoms with van der Waals surface area (Å²) in [6, 6.07) is 5.69. The van der Waals surface area contributed by atoms with Gasteiger partial charge in [0.15, 0.2) is 0 Å². The molecule has 0 aliphatic heterocycles. The summed E-state index contributed by atoms with van der Waals surface area (Å²) in [5.74, 6) is 0. The van der Waals surface area contributed by atoms with Crippen molar-refractivity contribution in [3.63, 3.8) is 0 Å². The number of rotatable bonds is 3. The lowest BCUT2D eigenvalue weighted by Crippen LogP contribution is -2.22. The predicted molar refractivity (Wildman–Crippen MR) is 66.0 cm³/mol. The molecule has 1 aromatic rings. The van der Waals surface area contributed by atoms with Crippen molar-refractivity contribution >= 4 is 18.0 Å². The van der Waals surface area contributed by atoms with Gasteiger partial charge in [-0.1, -0.05) is 18.9 Å². The highest BCUT2D eigenvalue weighted by Gasteiger charge is 2.34. The summed E-state index contributed by atoms with van der Waals surface area (Å²) in [7, 11) is 0. The van der Waals surface area contributed by atoms with Crippen LogP contribution in [0.15, 0.2) is 23.1 Å². The van der Waals surface area contributed by atoms with Gasteiger partial charge < -0.3 is 5.11 Å². The molecule has 1 aliphatic rings. The van der Waals surface area contributed by atoms with E-state index >= 15 is 0 Å². The molecule has 0 heterocycles. The van der Waals surface area contributed by atoms with Crippen LogP contribution >= 0.6 is 11.8 Å². The minimum atomic E-state index is -0.776. The van der Waals surface area contributed by atoms with Crippen LogP contribution in [0, 0.1) is 0 Å². The molecule has 1 aromatic carbocycles. The average molecular weight is 236 g/mol. The summed E-state index contributed by atoms with van der Waals surface area (Å²) in [4.78, 5) is 12.1. The molecule has 2 nitrogen and oxygen atoms in total. The van der Waals surface area contributed by atoms with E-state index in [0.717, 1.165) is 42.4 Å². The van der Waals surface area contributed by atoms with E-state index in [2.05, 4.69) is 0 Å². The Hall–Kier alpha value is -0.800. The van der Waals surface area contributed by atoms with Gasteiger partial charge in [-0.2, -0.15) is 0 Å². The molecule has 2 rings (SSSR count). The lowest BCUT2D eigenvalue weighted by atomic mass is 9.89. The van der Waals surface area contributed by atoms with Gasteiger partial charge in [0.1, 0.15) is 6.29 Å². The molecule has 1 aliphatic carbocycles. The van der Waals surface area contributed by atoms with Gasteiger partial charge in [-0.05, 0) is 36.8 Å². The maximum atomic E-state index is 11.0. The highest BCUT2D eigenvalue weighted by atomic mass is 32.2. The number of carbonyl (C=O) groups is 1. The molecular weight excluding hydrogens is 220 g/mol. The van der Waals surface area contributed by atoms with Crippen molar-refractivity contribution in [2.45, 2.75) is 36.2 Å². The smallest absolute Gasteiger partial charge is 0.150 e. The molecule has 0 bridgehead atoms. The topological polar surface area (TPSA) is 37.3 Å². The van der Waals surface area contributed by atoms with Gasteiger partial charge in [0.25, 0.3) is 0 Å². The number of carbonyl (C=O) groups excluding carboxylic acids is 1. The number of thioether (sulfide) groups is 1. The fraction of sp³-hybridized carbons (Fsp3) is 0.462. The Kier molecular flexibility index (Phi) is 3.36. The van der Waals surface area contributed by atoms with E-state index in [-0.39, 0.29) is 0 Å². The molecule has 1 saturated carbocycles. The average Bonchev–Trinajstić information content (AvgIpc) is 2.76. The van der Waals surface area contributed by atoms with E-state index in [4.69, 9.17) is 0 Å². The molecule has 0 unspecified atom stereocenters. The molecule has 86 valence electrons. The van der Waals surface area contributed by atoms with Gasteiger partial charge >= 0.3 is 0 Å². The molecule has 0 aromatic heterocycles. The Balaban J connectivity index is 2.47. The lowest BCUT2D eigenvalue weighted by Gasteiger charge is -2.24. The van der Waals surface area contributed by atoms with Crippen LogP contribution in [0.25, 0.3) is 0 Å². The van der Waals surface area contributed by atoms with Crippen molar-refractivity contribution in [1.29, 1.82) is 0 Å². The Labute approximate surface area is 100 Å². The maximum absolute atomic E-state index is 11.0. The predicted octanol–water partition coefficient (Wildman–Crippen LogP) is 2.98. The van der Waals surface area contributed by atoms with Crippen molar-refractivity contribution < 1.29 is 9.90 Å². The van der Waals surface area contributed by atoms with Crippen molar-refractivity contribution in [2.75, 3.05) is 6.26 Å². The molecule has 0 amide bonds. The van der Waals surface area contributed by atoms with Gasteiger partial charge in [0, 0.05) is 10.5 Å². The third-order valence-electron chi connectivity index (χ3n) is 3.32. The van der Waals surface area contributed by atoms with E-state index in [9.17, 15) is 9.90 Å². The fourth-order valence-corrected chi connectivity index (χ4v) is 2.84. The van der Waals surface area contributed by atoms with Gasteiger partial charge in [0.2, 0.25) is 0 Å². The van der Waals surface area contributed by atoms with Gasteiger partial charge in [-0.25, -0.2) is 0 Å². The Morgan fingerprint density at radius 2 is 2.06 bits per heavy atom. The van der Waals surface area contributed by atoms with Crippen LogP contribution < -0.4 is 0 Å². The molecule has 1 N–H and O–H groups in total. The number of hydrogen-bond donors (Lipinski definition) is 1. The standard InChI is InChI=1S/C13H16O2S/c1-16-11-5-4-10(9-14)12(8-11)13(15)6-2-3-7-13/h4-5,8-9,15H,2-3,6-7H2,1H3. The zero-order chi connectivity index (χ0) is 11.6. The highest BCUT2D eigenvalue weighted by Crippen LogP contribution is 2.40. The van der Waals surface area contributed by atoms with E-state index in [1.807, 2.05) is 24.5 Å². The summed E-state index contributed by atoms with van der Waals surface area (Å²) in [6.45, 7) is 0. The number of aldehydes is 1. The number of benzene rings is 1. The molecule has 0 atom stereocenters. The van der Waals surface area contributed by atoms with Gasteiger partial charge in [-0.15, -0.1) is 11.8 Å². The second-order valence-electron chi connectivity index (χ2n) is 4.31. The van der Waals surface area contributed by atoms with Crippen molar-refractivity contribution in [2.24, 2.45) is 0 Å². The van der Waals surface area contributed by atoms with Crippen LogP contribution in [0.3, 0.4) is 0 Å². The van der Waals surface area contributed by atoms with Crippen LogP contribution in [0.5, 0.6) is 0 Å². The SMILES string of the molecule is CSc1ccc(C=O)c(C2(O)CCCC2)c1. The van der Waals surface area contributed by atoms with Gasteiger partial charge in [0.05, 0.1) is 5.60 Å². The van der Waals surface area contributed by atoms with Crippen LogP contribution in [-0.4, -0.2) is 17.6 Å². The third-order valence-corrected chi connectivity index (χ3v) is 4.04. The van der Waals surface area contributed by atoms with E-state index in [1.54, 1.807) is 11.8 Å². The summed E-state index contributed by atoms with van der Waals surface area (Å²) in [6.07, 6.45) is 6.46. The summed E-state index contributed by atoms with van der Waals surface area (Å²) >= 11 is 1.63. The van der Waals surface area contributed by atoms with E-state index in [0.29, 0.717) is 5.56 Å². The first-order chi connectivity index (χ1) is 7.69. The first-order valence-electron chi connectivity index (χ1n) is 5.56. The minimum absolute atomic E-state index is 0.627. The zero-order valence-corrected chi connectivity index (χ0v) is 10.2. The van der Waals surface area contributed by atoms with Crippen LogP contribution in [0.2, 0.25) is 0 Å². The van der Waals surface area contributed by atoms with Crippen molar-refractivity contribution in [1.82, 2.24) is 0 Å². The molecule has 3 heteroatoms. The second-order valence-corrected chi connectivity index (χ2v) is 5.19.